The number of hydrogen-bond donors (Lipinski definition) is 0. The number of thioether (sulfide) groups is 1. The first-order valence-corrected chi connectivity index (χ1v) is 9.79. The van der Waals surface area contributed by atoms with Gasteiger partial charge in [0.1, 0.15) is 11.6 Å². The highest BCUT2D eigenvalue weighted by Gasteiger charge is 2.43. The first-order chi connectivity index (χ1) is 12.9. The van der Waals surface area contributed by atoms with Crippen LogP contribution >= 0.6 is 11.8 Å². The standard InChI is InChI=1S/C19H24F3NO4S/c1-5-26-16(24)14-10-12(11-23(14)17(25)27-18(2,3)4)28-15-9-7-6-8-13(15)19(20,21)22/h6-9,12,14H,5,10-11H2,1-4H3/t12-,14+/m1/s1. The number of alkyl halides is 3. The van der Waals surface area contributed by atoms with E-state index in [-0.39, 0.29) is 24.5 Å². The molecular formula is C19H24F3NO4S. The zero-order valence-electron chi connectivity index (χ0n) is 16.2. The average Bonchev–Trinajstić information content (AvgIpc) is 2.97. The summed E-state index contributed by atoms with van der Waals surface area (Å²) in [4.78, 5) is 26.1. The van der Waals surface area contributed by atoms with Crippen molar-refractivity contribution >= 4 is 23.8 Å². The molecule has 0 N–H and O–H groups in total. The van der Waals surface area contributed by atoms with Gasteiger partial charge in [-0.25, -0.2) is 9.59 Å². The van der Waals surface area contributed by atoms with E-state index < -0.39 is 40.7 Å². The van der Waals surface area contributed by atoms with Gasteiger partial charge in [0.05, 0.1) is 12.2 Å². The number of halogens is 3. The van der Waals surface area contributed by atoms with Crippen molar-refractivity contribution < 1.29 is 32.2 Å². The number of hydrogen-bond acceptors (Lipinski definition) is 5. The number of rotatable bonds is 4. The lowest BCUT2D eigenvalue weighted by atomic mass is 10.2. The third-order valence-corrected chi connectivity index (χ3v) is 5.22. The van der Waals surface area contributed by atoms with Crippen molar-refractivity contribution in [3.05, 3.63) is 29.8 Å². The second kappa shape index (κ2) is 8.63. The molecule has 0 radical (unpaired) electrons. The fraction of sp³-hybridized carbons (Fsp3) is 0.579. The number of likely N-dealkylation sites (tertiary alicyclic amines) is 1. The van der Waals surface area contributed by atoms with Gasteiger partial charge in [-0.05, 0) is 46.2 Å². The first-order valence-electron chi connectivity index (χ1n) is 8.91. The van der Waals surface area contributed by atoms with Crippen LogP contribution in [0.5, 0.6) is 0 Å². The van der Waals surface area contributed by atoms with E-state index in [1.807, 2.05) is 0 Å². The molecule has 0 aromatic heterocycles. The number of carbonyl (C=O) groups is 2. The largest absolute Gasteiger partial charge is 0.464 e. The summed E-state index contributed by atoms with van der Waals surface area (Å²) in [6, 6.07) is 4.39. The number of carbonyl (C=O) groups excluding carboxylic acids is 2. The summed E-state index contributed by atoms with van der Waals surface area (Å²) >= 11 is 1.01. The van der Waals surface area contributed by atoms with E-state index in [1.165, 1.54) is 23.1 Å². The van der Waals surface area contributed by atoms with E-state index in [0.717, 1.165) is 17.8 Å². The van der Waals surface area contributed by atoms with Gasteiger partial charge in [0.2, 0.25) is 0 Å². The van der Waals surface area contributed by atoms with Crippen LogP contribution in [0, 0.1) is 0 Å². The second-order valence-corrected chi connectivity index (χ2v) is 8.71. The van der Waals surface area contributed by atoms with E-state index in [9.17, 15) is 22.8 Å². The van der Waals surface area contributed by atoms with E-state index in [1.54, 1.807) is 27.7 Å². The van der Waals surface area contributed by atoms with E-state index in [0.29, 0.717) is 0 Å². The van der Waals surface area contributed by atoms with Gasteiger partial charge >= 0.3 is 18.2 Å². The quantitative estimate of drug-likeness (QED) is 0.660. The lowest BCUT2D eigenvalue weighted by molar-refractivity contribution is -0.148. The minimum absolute atomic E-state index is 0.0636. The van der Waals surface area contributed by atoms with Crippen LogP contribution in [-0.2, 0) is 20.4 Å². The van der Waals surface area contributed by atoms with Crippen LogP contribution in [0.4, 0.5) is 18.0 Å². The molecule has 1 aliphatic heterocycles. The van der Waals surface area contributed by atoms with Gasteiger partial charge in [-0.2, -0.15) is 13.2 Å². The number of ether oxygens (including phenoxy) is 2. The molecule has 1 heterocycles. The molecule has 1 fully saturated rings. The molecule has 9 heteroatoms. The minimum Gasteiger partial charge on any atom is -0.464 e. The van der Waals surface area contributed by atoms with Crippen molar-refractivity contribution in [2.75, 3.05) is 13.2 Å². The number of nitrogens with zero attached hydrogens (tertiary/aromatic N) is 1. The predicted octanol–water partition coefficient (Wildman–Crippen LogP) is 4.74. The summed E-state index contributed by atoms with van der Waals surface area (Å²) in [6.45, 7) is 6.99. The highest BCUT2D eigenvalue weighted by Crippen LogP contribution is 2.41. The fourth-order valence-electron chi connectivity index (χ4n) is 2.85. The van der Waals surface area contributed by atoms with Crippen molar-refractivity contribution in [3.63, 3.8) is 0 Å². The van der Waals surface area contributed by atoms with Gasteiger partial charge in [-0.1, -0.05) is 12.1 Å². The summed E-state index contributed by atoms with van der Waals surface area (Å²) in [7, 11) is 0. The van der Waals surface area contributed by atoms with Gasteiger partial charge < -0.3 is 9.47 Å². The summed E-state index contributed by atoms with van der Waals surface area (Å²) in [5.41, 5.74) is -1.49. The second-order valence-electron chi connectivity index (χ2n) is 7.37. The zero-order valence-corrected chi connectivity index (χ0v) is 17.0. The van der Waals surface area contributed by atoms with Crippen LogP contribution in [0.25, 0.3) is 0 Å². The van der Waals surface area contributed by atoms with Crippen LogP contribution < -0.4 is 0 Å². The Bertz CT molecular complexity index is 718. The minimum atomic E-state index is -4.48. The van der Waals surface area contributed by atoms with Crippen LogP contribution in [0.1, 0.15) is 39.7 Å². The highest BCUT2D eigenvalue weighted by molar-refractivity contribution is 8.00. The molecule has 1 aromatic rings. The van der Waals surface area contributed by atoms with Crippen molar-refractivity contribution in [1.29, 1.82) is 0 Å². The van der Waals surface area contributed by atoms with Crippen LogP contribution in [0.15, 0.2) is 29.2 Å². The molecule has 0 saturated carbocycles. The van der Waals surface area contributed by atoms with E-state index in [4.69, 9.17) is 9.47 Å². The number of esters is 1. The van der Waals surface area contributed by atoms with Gasteiger partial charge in [-0.15, -0.1) is 11.8 Å². The first kappa shape index (κ1) is 22.4. The summed E-state index contributed by atoms with van der Waals surface area (Å²) in [6.07, 6.45) is -4.97. The molecule has 0 spiro atoms. The molecule has 1 saturated heterocycles. The summed E-state index contributed by atoms with van der Waals surface area (Å²) < 4.78 is 50.1. The van der Waals surface area contributed by atoms with E-state index in [2.05, 4.69) is 0 Å². The van der Waals surface area contributed by atoms with Crippen molar-refractivity contribution in [2.45, 2.75) is 62.1 Å². The fourth-order valence-corrected chi connectivity index (χ4v) is 4.19. The van der Waals surface area contributed by atoms with Gasteiger partial charge in [0, 0.05) is 16.7 Å². The molecule has 2 atom stereocenters. The molecule has 156 valence electrons. The molecule has 1 aromatic carbocycles. The van der Waals surface area contributed by atoms with Crippen LogP contribution in [0.2, 0.25) is 0 Å². The molecule has 0 unspecified atom stereocenters. The predicted molar refractivity (Wildman–Crippen MR) is 99.1 cm³/mol. The van der Waals surface area contributed by atoms with Crippen LogP contribution in [0.3, 0.4) is 0 Å². The maximum Gasteiger partial charge on any atom is 0.417 e. The Morgan fingerprint density at radius 2 is 1.86 bits per heavy atom. The lowest BCUT2D eigenvalue weighted by Gasteiger charge is -2.27. The maximum atomic E-state index is 13.2. The lowest BCUT2D eigenvalue weighted by Crippen LogP contribution is -2.44. The molecule has 0 bridgehead atoms. The topological polar surface area (TPSA) is 55.8 Å². The zero-order chi connectivity index (χ0) is 21.1. The Balaban J connectivity index is 2.22. The molecule has 1 aliphatic rings. The maximum absolute atomic E-state index is 13.2. The summed E-state index contributed by atoms with van der Waals surface area (Å²) in [5, 5.41) is -0.398. The Hall–Kier alpha value is -1.90. The molecule has 0 aliphatic carbocycles. The SMILES string of the molecule is CCOC(=O)[C@@H]1C[C@@H](Sc2ccccc2C(F)(F)F)CN1C(=O)OC(C)(C)C. The Labute approximate surface area is 166 Å². The average molecular weight is 419 g/mol. The smallest absolute Gasteiger partial charge is 0.417 e. The molecule has 28 heavy (non-hydrogen) atoms. The van der Waals surface area contributed by atoms with Gasteiger partial charge in [0.15, 0.2) is 0 Å². The van der Waals surface area contributed by atoms with Crippen LogP contribution in [-0.4, -0.2) is 47.0 Å². The molecule has 5 nitrogen and oxygen atoms in total. The van der Waals surface area contributed by atoms with E-state index >= 15 is 0 Å². The Kier molecular flexibility index (Phi) is 6.90. The highest BCUT2D eigenvalue weighted by atomic mass is 32.2. The third kappa shape index (κ3) is 5.80. The molecule has 2 rings (SSSR count). The number of amides is 1. The summed E-state index contributed by atoms with van der Waals surface area (Å²) in [5.74, 6) is -0.583. The number of benzene rings is 1. The van der Waals surface area contributed by atoms with Gasteiger partial charge in [0.25, 0.3) is 0 Å². The molecular weight excluding hydrogens is 395 g/mol. The molecule has 1 amide bonds. The normalized spacial score (nSPS) is 20.2. The Morgan fingerprint density at radius 1 is 1.21 bits per heavy atom. The Morgan fingerprint density at radius 3 is 2.43 bits per heavy atom. The monoisotopic (exact) mass is 419 g/mol. The third-order valence-electron chi connectivity index (χ3n) is 3.94. The van der Waals surface area contributed by atoms with Crippen molar-refractivity contribution in [3.8, 4) is 0 Å². The van der Waals surface area contributed by atoms with Crippen molar-refractivity contribution in [2.24, 2.45) is 0 Å². The van der Waals surface area contributed by atoms with Gasteiger partial charge in [-0.3, -0.25) is 4.90 Å². The van der Waals surface area contributed by atoms with Crippen molar-refractivity contribution in [1.82, 2.24) is 4.90 Å².